The molecule has 0 spiro atoms. The Labute approximate surface area is 196 Å². The topological polar surface area (TPSA) is 120 Å². The average Bonchev–Trinajstić information content (AvgIpc) is 3.42. The lowest BCUT2D eigenvalue weighted by atomic mass is 10.1. The molecule has 1 fully saturated rings. The lowest BCUT2D eigenvalue weighted by Gasteiger charge is -2.33. The molecule has 33 heavy (non-hydrogen) atoms. The van der Waals surface area contributed by atoms with Gasteiger partial charge in [-0.05, 0) is 13.8 Å². The molecule has 0 radical (unpaired) electrons. The highest BCUT2D eigenvalue weighted by molar-refractivity contribution is 7.89. The number of piperazine rings is 1. The van der Waals surface area contributed by atoms with Crippen LogP contribution in [0.5, 0.6) is 0 Å². The summed E-state index contributed by atoms with van der Waals surface area (Å²) in [6, 6.07) is 11.7. The van der Waals surface area contributed by atoms with Gasteiger partial charge in [0.15, 0.2) is 17.5 Å². The fourth-order valence-corrected chi connectivity index (χ4v) is 6.44. The van der Waals surface area contributed by atoms with Crippen LogP contribution >= 0.6 is 11.3 Å². The van der Waals surface area contributed by atoms with E-state index in [0.717, 1.165) is 11.3 Å². The predicted octanol–water partition coefficient (Wildman–Crippen LogP) is 2.60. The van der Waals surface area contributed by atoms with Gasteiger partial charge in [-0.3, -0.25) is 9.69 Å². The van der Waals surface area contributed by atoms with Crippen LogP contribution in [0.1, 0.15) is 22.4 Å². The van der Waals surface area contributed by atoms with Gasteiger partial charge in [0, 0.05) is 37.1 Å². The Morgan fingerprint density at radius 2 is 1.91 bits per heavy atom. The molecule has 2 aromatic heterocycles. The van der Waals surface area contributed by atoms with Crippen molar-refractivity contribution >= 4 is 27.1 Å². The van der Waals surface area contributed by atoms with E-state index in [4.69, 9.17) is 4.52 Å². The molecule has 0 saturated carbocycles. The predicted molar refractivity (Wildman–Crippen MR) is 122 cm³/mol. The van der Waals surface area contributed by atoms with Crippen LogP contribution in [0.3, 0.4) is 0 Å². The van der Waals surface area contributed by atoms with Gasteiger partial charge < -0.3 is 4.52 Å². The summed E-state index contributed by atoms with van der Waals surface area (Å²) < 4.78 is 32.3. The van der Waals surface area contributed by atoms with Crippen molar-refractivity contribution < 1.29 is 17.7 Å². The van der Waals surface area contributed by atoms with Crippen molar-refractivity contribution in [3.8, 4) is 17.3 Å². The number of rotatable bonds is 7. The molecule has 4 rings (SSSR count). The molecule has 1 saturated heterocycles. The Bertz CT molecular complexity index is 1270. The number of hydrogen-bond donors (Lipinski definition) is 0. The van der Waals surface area contributed by atoms with Gasteiger partial charge in [0.25, 0.3) is 0 Å². The first-order valence-electron chi connectivity index (χ1n) is 10.4. The molecule has 1 atom stereocenters. The third-order valence-electron chi connectivity index (χ3n) is 5.57. The Balaban J connectivity index is 1.39. The first kappa shape index (κ1) is 23.3. The highest BCUT2D eigenvalue weighted by atomic mass is 32.2. The molecule has 9 nitrogen and oxygen atoms in total. The number of nitriles is 1. The molecule has 1 aliphatic heterocycles. The average molecular weight is 486 g/mol. The molecule has 0 bridgehead atoms. The number of sulfonamides is 1. The molecule has 1 aliphatic rings. The van der Waals surface area contributed by atoms with Crippen LogP contribution < -0.4 is 0 Å². The molecule has 172 valence electrons. The van der Waals surface area contributed by atoms with Gasteiger partial charge in [-0.2, -0.15) is 9.57 Å². The van der Waals surface area contributed by atoms with Crippen molar-refractivity contribution in [2.24, 2.45) is 0 Å². The number of Topliss-reactive ketones (excluding diaryl/α,β-unsaturated/α-hetero) is 1. The van der Waals surface area contributed by atoms with Gasteiger partial charge in [0.1, 0.15) is 15.6 Å². The van der Waals surface area contributed by atoms with Gasteiger partial charge in [-0.1, -0.05) is 35.5 Å². The second-order valence-electron chi connectivity index (χ2n) is 7.80. The third-order valence-corrected chi connectivity index (χ3v) is 8.62. The molecule has 3 aromatic rings. The van der Waals surface area contributed by atoms with E-state index in [2.05, 4.69) is 16.2 Å². The van der Waals surface area contributed by atoms with Crippen LogP contribution in [-0.2, 0) is 14.8 Å². The normalized spacial score (nSPS) is 16.4. The number of hydrogen-bond acceptors (Lipinski definition) is 9. The second-order valence-corrected chi connectivity index (χ2v) is 10.6. The summed E-state index contributed by atoms with van der Waals surface area (Å²) in [5.41, 5.74) is 2.00. The monoisotopic (exact) mass is 485 g/mol. The van der Waals surface area contributed by atoms with Crippen LogP contribution in [-0.4, -0.2) is 66.3 Å². The lowest BCUT2D eigenvalue weighted by Crippen LogP contribution is -2.50. The van der Waals surface area contributed by atoms with Gasteiger partial charge in [-0.25, -0.2) is 13.4 Å². The molecule has 11 heteroatoms. The van der Waals surface area contributed by atoms with E-state index in [1.807, 2.05) is 40.6 Å². The number of thiazole rings is 1. The maximum Gasteiger partial charge on any atom is 0.248 e. The standard InChI is InChI=1S/C22H23N5O4S2/c1-15-21(16(2)31-25-15)33(29,30)27-10-8-26(9-11-27)13-20(28)18(12-23)22-24-19(14-32-22)17-6-4-3-5-7-17/h3-7,14,18H,8-11,13H2,1-2H3/t18-/m1/s1. The number of nitrogens with zero attached hydrogens (tertiary/aromatic N) is 5. The van der Waals surface area contributed by atoms with Crippen LogP contribution in [0.15, 0.2) is 45.1 Å². The Morgan fingerprint density at radius 1 is 1.21 bits per heavy atom. The number of ketones is 1. The minimum atomic E-state index is -3.71. The van der Waals surface area contributed by atoms with E-state index in [1.165, 1.54) is 15.6 Å². The molecule has 0 N–H and O–H groups in total. The number of aromatic nitrogens is 2. The molecule has 3 heterocycles. The first-order chi connectivity index (χ1) is 15.8. The van der Waals surface area contributed by atoms with E-state index in [9.17, 15) is 18.5 Å². The Hall–Kier alpha value is -2.91. The Kier molecular flexibility index (Phi) is 6.71. The molecule has 0 unspecified atom stereocenters. The lowest BCUT2D eigenvalue weighted by molar-refractivity contribution is -0.120. The molecule has 0 amide bonds. The van der Waals surface area contributed by atoms with E-state index >= 15 is 0 Å². The second kappa shape index (κ2) is 9.52. The summed E-state index contributed by atoms with van der Waals surface area (Å²) in [4.78, 5) is 19.4. The summed E-state index contributed by atoms with van der Waals surface area (Å²) in [7, 11) is -3.71. The number of benzene rings is 1. The number of carbonyl (C=O) groups excluding carboxylic acids is 1. The molecular formula is C22H23N5O4S2. The van der Waals surface area contributed by atoms with Crippen molar-refractivity contribution in [2.45, 2.75) is 24.7 Å². The van der Waals surface area contributed by atoms with Crippen LogP contribution in [0.2, 0.25) is 0 Å². The van der Waals surface area contributed by atoms with Crippen molar-refractivity contribution in [2.75, 3.05) is 32.7 Å². The highest BCUT2D eigenvalue weighted by Gasteiger charge is 2.34. The summed E-state index contributed by atoms with van der Waals surface area (Å²) in [5, 5.41) is 15.7. The molecule has 0 aliphatic carbocycles. The quantitative estimate of drug-likeness (QED) is 0.501. The molecule has 1 aromatic carbocycles. The van der Waals surface area contributed by atoms with E-state index < -0.39 is 15.9 Å². The minimum absolute atomic E-state index is 0.0671. The van der Waals surface area contributed by atoms with Gasteiger partial charge in [-0.15, -0.1) is 11.3 Å². The zero-order valence-electron chi connectivity index (χ0n) is 18.3. The van der Waals surface area contributed by atoms with E-state index in [-0.39, 0.29) is 36.1 Å². The Morgan fingerprint density at radius 3 is 2.52 bits per heavy atom. The fraction of sp³-hybridized carbons (Fsp3) is 0.364. The maximum absolute atomic E-state index is 13.0. The van der Waals surface area contributed by atoms with Crippen molar-refractivity contribution in [3.63, 3.8) is 0 Å². The van der Waals surface area contributed by atoms with E-state index in [0.29, 0.717) is 23.8 Å². The maximum atomic E-state index is 13.0. The number of carbonyl (C=O) groups is 1. The van der Waals surface area contributed by atoms with Crippen LogP contribution in [0, 0.1) is 25.2 Å². The van der Waals surface area contributed by atoms with Crippen LogP contribution in [0.4, 0.5) is 0 Å². The summed E-state index contributed by atoms with van der Waals surface area (Å²) in [5.74, 6) is -0.926. The zero-order valence-corrected chi connectivity index (χ0v) is 19.9. The largest absolute Gasteiger partial charge is 0.360 e. The van der Waals surface area contributed by atoms with Crippen LogP contribution in [0.25, 0.3) is 11.3 Å². The summed E-state index contributed by atoms with van der Waals surface area (Å²) in [6.07, 6.45) is 0. The van der Waals surface area contributed by atoms with Crippen molar-refractivity contribution in [1.82, 2.24) is 19.3 Å². The fourth-order valence-electron chi connectivity index (χ4n) is 3.84. The van der Waals surface area contributed by atoms with Gasteiger partial charge in [0.2, 0.25) is 10.0 Å². The third kappa shape index (κ3) is 4.74. The summed E-state index contributed by atoms with van der Waals surface area (Å²) >= 11 is 1.30. The smallest absolute Gasteiger partial charge is 0.248 e. The molecular weight excluding hydrogens is 462 g/mol. The first-order valence-corrected chi connectivity index (χ1v) is 12.7. The van der Waals surface area contributed by atoms with E-state index in [1.54, 1.807) is 13.8 Å². The highest BCUT2D eigenvalue weighted by Crippen LogP contribution is 2.28. The number of aryl methyl sites for hydroxylation is 2. The van der Waals surface area contributed by atoms with Gasteiger partial charge >= 0.3 is 0 Å². The zero-order chi connectivity index (χ0) is 23.6. The van der Waals surface area contributed by atoms with Crippen molar-refractivity contribution in [3.05, 3.63) is 52.2 Å². The van der Waals surface area contributed by atoms with Gasteiger partial charge in [0.05, 0.1) is 18.3 Å². The minimum Gasteiger partial charge on any atom is -0.360 e. The SMILES string of the molecule is Cc1noc(C)c1S(=O)(=O)N1CCN(CC(=O)[C@@H](C#N)c2nc(-c3ccccc3)cs2)CC1. The summed E-state index contributed by atoms with van der Waals surface area (Å²) in [6.45, 7) is 4.50. The van der Waals surface area contributed by atoms with Crippen molar-refractivity contribution in [1.29, 1.82) is 5.26 Å².